The maximum Gasteiger partial charge on any atom is 0.247 e. The van der Waals surface area contributed by atoms with Gasteiger partial charge in [0.25, 0.3) is 0 Å². The lowest BCUT2D eigenvalue weighted by molar-refractivity contribution is -0.117. The highest BCUT2D eigenvalue weighted by molar-refractivity contribution is 7.92. The molecule has 0 aromatic heterocycles. The molecule has 35 heavy (non-hydrogen) atoms. The summed E-state index contributed by atoms with van der Waals surface area (Å²) < 4.78 is 32.1. The van der Waals surface area contributed by atoms with Gasteiger partial charge in [0.05, 0.1) is 11.9 Å². The number of hydrogen-bond donors (Lipinski definition) is 1. The Morgan fingerprint density at radius 3 is 2.17 bits per heavy atom. The molecule has 9 heteroatoms. The molecule has 1 fully saturated rings. The van der Waals surface area contributed by atoms with E-state index in [0.717, 1.165) is 22.7 Å². The number of nitrogens with zero attached hydrogens (tertiary/aromatic N) is 2. The Kier molecular flexibility index (Phi) is 7.07. The molecule has 0 saturated carbocycles. The maximum absolute atomic E-state index is 13.0. The molecule has 2 amide bonds. The normalized spacial score (nSPS) is 14.5. The van der Waals surface area contributed by atoms with Gasteiger partial charge in [0, 0.05) is 24.3 Å². The number of hydrogen-bond acceptors (Lipinski definition) is 5. The second-order valence-corrected chi connectivity index (χ2v) is 10.2. The van der Waals surface area contributed by atoms with Gasteiger partial charge in [0.15, 0.2) is 0 Å². The molecule has 1 saturated heterocycles. The Hall–Kier alpha value is -3.85. The van der Waals surface area contributed by atoms with Crippen LogP contribution >= 0.6 is 0 Å². The maximum atomic E-state index is 13.0. The summed E-state index contributed by atoms with van der Waals surface area (Å²) in [4.78, 5) is 26.6. The highest BCUT2D eigenvalue weighted by Gasteiger charge is 2.29. The van der Waals surface area contributed by atoms with E-state index in [1.807, 2.05) is 30.3 Å². The molecule has 1 aliphatic heterocycles. The second kappa shape index (κ2) is 10.2. The number of carbonyl (C=O) groups is 2. The van der Waals surface area contributed by atoms with E-state index in [2.05, 4.69) is 5.32 Å². The van der Waals surface area contributed by atoms with Crippen molar-refractivity contribution in [3.8, 4) is 11.5 Å². The monoisotopic (exact) mass is 493 g/mol. The van der Waals surface area contributed by atoms with Crippen LogP contribution in [0, 0.1) is 0 Å². The predicted molar refractivity (Wildman–Crippen MR) is 136 cm³/mol. The van der Waals surface area contributed by atoms with Crippen LogP contribution in [-0.4, -0.2) is 39.1 Å². The molecule has 0 bridgehead atoms. The summed E-state index contributed by atoms with van der Waals surface area (Å²) in [6.07, 6.45) is 2.43. The first-order chi connectivity index (χ1) is 16.7. The highest BCUT2D eigenvalue weighted by atomic mass is 32.2. The van der Waals surface area contributed by atoms with Crippen molar-refractivity contribution in [1.82, 2.24) is 0 Å². The fourth-order valence-electron chi connectivity index (χ4n) is 3.99. The average molecular weight is 494 g/mol. The van der Waals surface area contributed by atoms with E-state index in [1.54, 1.807) is 53.4 Å². The van der Waals surface area contributed by atoms with Crippen molar-refractivity contribution in [2.24, 2.45) is 0 Å². The van der Waals surface area contributed by atoms with E-state index in [1.165, 1.54) is 6.92 Å². The fraction of sp³-hybridized carbons (Fsp3) is 0.231. The standard InChI is InChI=1S/C26H27N3O5S/c1-19(26(31)27-20-10-12-21(13-11-20)28-18-6-9-25(28)30)29(35(2,32)33)22-14-16-24(17-15-22)34-23-7-4-3-5-8-23/h3-5,7-8,10-17,19H,6,9,18H2,1-2H3,(H,27,31). The number of anilines is 3. The minimum absolute atomic E-state index is 0.0828. The quantitative estimate of drug-likeness (QED) is 0.502. The minimum atomic E-state index is -3.76. The predicted octanol–water partition coefficient (Wildman–Crippen LogP) is 4.40. The lowest BCUT2D eigenvalue weighted by atomic mass is 10.2. The first kappa shape index (κ1) is 24.3. The summed E-state index contributed by atoms with van der Waals surface area (Å²) in [6.45, 7) is 2.21. The molecule has 182 valence electrons. The molecule has 1 N–H and O–H groups in total. The summed E-state index contributed by atoms with van der Waals surface area (Å²) in [7, 11) is -3.76. The van der Waals surface area contributed by atoms with E-state index >= 15 is 0 Å². The van der Waals surface area contributed by atoms with Gasteiger partial charge in [-0.3, -0.25) is 13.9 Å². The van der Waals surface area contributed by atoms with Gasteiger partial charge in [-0.05, 0) is 74.0 Å². The molecule has 0 aliphatic carbocycles. The lowest BCUT2D eigenvalue weighted by Gasteiger charge is -2.28. The van der Waals surface area contributed by atoms with Crippen molar-refractivity contribution in [2.45, 2.75) is 25.8 Å². The first-order valence-corrected chi connectivity index (χ1v) is 13.1. The Morgan fingerprint density at radius 2 is 1.60 bits per heavy atom. The van der Waals surface area contributed by atoms with Gasteiger partial charge in [-0.15, -0.1) is 0 Å². The van der Waals surface area contributed by atoms with E-state index in [9.17, 15) is 18.0 Å². The molecule has 1 atom stereocenters. The smallest absolute Gasteiger partial charge is 0.247 e. The molecule has 1 unspecified atom stereocenters. The molecule has 3 aromatic rings. The van der Waals surface area contributed by atoms with Crippen LogP contribution in [-0.2, 0) is 19.6 Å². The topological polar surface area (TPSA) is 96.0 Å². The number of rotatable bonds is 8. The van der Waals surface area contributed by atoms with E-state index in [-0.39, 0.29) is 5.91 Å². The van der Waals surface area contributed by atoms with Gasteiger partial charge >= 0.3 is 0 Å². The molecule has 1 aliphatic rings. The molecule has 0 spiro atoms. The van der Waals surface area contributed by atoms with Crippen LogP contribution in [0.3, 0.4) is 0 Å². The van der Waals surface area contributed by atoms with Crippen molar-refractivity contribution < 1.29 is 22.7 Å². The molecule has 4 rings (SSSR count). The van der Waals surface area contributed by atoms with Crippen LogP contribution in [0.5, 0.6) is 11.5 Å². The Bertz CT molecular complexity index is 1290. The summed E-state index contributed by atoms with van der Waals surface area (Å²) >= 11 is 0. The van der Waals surface area contributed by atoms with Crippen LogP contribution in [0.1, 0.15) is 19.8 Å². The van der Waals surface area contributed by atoms with Crippen molar-refractivity contribution >= 4 is 38.9 Å². The van der Waals surface area contributed by atoms with E-state index in [0.29, 0.717) is 35.8 Å². The van der Waals surface area contributed by atoms with Crippen LogP contribution in [0.2, 0.25) is 0 Å². The lowest BCUT2D eigenvalue weighted by Crippen LogP contribution is -2.45. The highest BCUT2D eigenvalue weighted by Crippen LogP contribution is 2.28. The van der Waals surface area contributed by atoms with Crippen molar-refractivity contribution in [2.75, 3.05) is 27.3 Å². The number of ether oxygens (including phenoxy) is 1. The number of carbonyl (C=O) groups excluding carboxylic acids is 2. The Balaban J connectivity index is 1.47. The summed E-state index contributed by atoms with van der Waals surface area (Å²) in [5.41, 5.74) is 1.63. The molecular formula is C26H27N3O5S. The SMILES string of the molecule is CC(C(=O)Nc1ccc(N2CCCC2=O)cc1)N(c1ccc(Oc2ccccc2)cc1)S(C)(=O)=O. The third-order valence-electron chi connectivity index (χ3n) is 5.68. The van der Waals surface area contributed by atoms with Gasteiger partial charge < -0.3 is 15.0 Å². The molecular weight excluding hydrogens is 466 g/mol. The number of amides is 2. The van der Waals surface area contributed by atoms with E-state index < -0.39 is 22.0 Å². The Morgan fingerprint density at radius 1 is 0.971 bits per heavy atom. The first-order valence-electron chi connectivity index (χ1n) is 11.3. The minimum Gasteiger partial charge on any atom is -0.457 e. The Labute approximate surface area is 205 Å². The number of para-hydroxylation sites is 1. The number of nitrogens with one attached hydrogen (secondary N) is 1. The summed E-state index contributed by atoms with van der Waals surface area (Å²) in [5, 5.41) is 2.76. The third kappa shape index (κ3) is 5.81. The van der Waals surface area contributed by atoms with Gasteiger partial charge in [-0.25, -0.2) is 8.42 Å². The molecule has 8 nitrogen and oxygen atoms in total. The van der Waals surface area contributed by atoms with Gasteiger partial charge in [-0.1, -0.05) is 18.2 Å². The van der Waals surface area contributed by atoms with Crippen molar-refractivity contribution in [1.29, 1.82) is 0 Å². The largest absolute Gasteiger partial charge is 0.457 e. The van der Waals surface area contributed by atoms with Gasteiger partial charge in [0.2, 0.25) is 21.8 Å². The third-order valence-corrected chi connectivity index (χ3v) is 6.92. The number of benzene rings is 3. The van der Waals surface area contributed by atoms with Crippen LogP contribution < -0.4 is 19.3 Å². The molecule has 3 aromatic carbocycles. The molecule has 1 heterocycles. The zero-order valence-electron chi connectivity index (χ0n) is 19.5. The molecule has 0 radical (unpaired) electrons. The van der Waals surface area contributed by atoms with E-state index in [4.69, 9.17) is 4.74 Å². The van der Waals surface area contributed by atoms with Crippen LogP contribution in [0.15, 0.2) is 78.9 Å². The zero-order chi connectivity index (χ0) is 25.0. The van der Waals surface area contributed by atoms with Crippen LogP contribution in [0.25, 0.3) is 0 Å². The summed E-state index contributed by atoms with van der Waals surface area (Å²) in [5.74, 6) is 0.805. The van der Waals surface area contributed by atoms with Crippen molar-refractivity contribution in [3.63, 3.8) is 0 Å². The van der Waals surface area contributed by atoms with Crippen LogP contribution in [0.4, 0.5) is 17.1 Å². The van der Waals surface area contributed by atoms with Gasteiger partial charge in [-0.2, -0.15) is 0 Å². The average Bonchev–Trinajstić information content (AvgIpc) is 3.26. The zero-order valence-corrected chi connectivity index (χ0v) is 20.4. The second-order valence-electron chi connectivity index (χ2n) is 8.33. The summed E-state index contributed by atoms with van der Waals surface area (Å²) in [6, 6.07) is 21.7. The van der Waals surface area contributed by atoms with Crippen molar-refractivity contribution in [3.05, 3.63) is 78.9 Å². The van der Waals surface area contributed by atoms with Gasteiger partial charge in [0.1, 0.15) is 17.5 Å². The fourth-order valence-corrected chi connectivity index (χ4v) is 5.16. The number of sulfonamides is 1.